The van der Waals surface area contributed by atoms with Crippen molar-refractivity contribution in [1.82, 2.24) is 9.71 Å². The molecule has 2 aromatic carbocycles. The first-order valence-corrected chi connectivity index (χ1v) is 13.9. The van der Waals surface area contributed by atoms with E-state index in [4.69, 9.17) is 16.3 Å². The fourth-order valence-corrected chi connectivity index (χ4v) is 6.02. The van der Waals surface area contributed by atoms with E-state index < -0.39 is 27.9 Å². The number of carbonyl (C=O) groups is 1. The summed E-state index contributed by atoms with van der Waals surface area (Å²) in [7, 11) is -3.89. The number of rotatable bonds is 9. The zero-order valence-electron chi connectivity index (χ0n) is 20.3. The number of ether oxygens (including phenoxy) is 1. The van der Waals surface area contributed by atoms with Crippen LogP contribution in [-0.2, 0) is 14.8 Å². The molecule has 1 amide bonds. The Hall–Kier alpha value is -2.70. The van der Waals surface area contributed by atoms with E-state index in [1.54, 1.807) is 70.3 Å². The second-order valence-electron chi connectivity index (χ2n) is 8.94. The summed E-state index contributed by atoms with van der Waals surface area (Å²) in [5.74, 6) is 0.216. The number of halogens is 1. The molecular weight excluding hydrogens is 524 g/mol. The normalized spacial score (nSPS) is 12.7. The summed E-state index contributed by atoms with van der Waals surface area (Å²) in [5.41, 5.74) is 1.63. The Kier molecular flexibility index (Phi) is 8.96. The lowest BCUT2D eigenvalue weighted by Gasteiger charge is -2.22. The molecule has 0 bridgehead atoms. The number of benzene rings is 2. The molecule has 1 unspecified atom stereocenters. The van der Waals surface area contributed by atoms with Crippen LogP contribution in [0.3, 0.4) is 0 Å². The number of nitrogens with zero attached hydrogens (tertiary/aromatic N) is 1. The third kappa shape index (κ3) is 7.65. The molecule has 0 spiro atoms. The number of alkyl halides is 1. The molecule has 194 valence electrons. The number of amides is 1. The van der Waals surface area contributed by atoms with Gasteiger partial charge in [-0.2, -0.15) is 0 Å². The number of aromatic nitrogens is 1. The lowest BCUT2D eigenvalue weighted by atomic mass is 10.1. The van der Waals surface area contributed by atoms with Crippen LogP contribution in [0.15, 0.2) is 53.6 Å². The maximum absolute atomic E-state index is 13.3. The number of aliphatic hydroxyl groups excluding tert-OH is 1. The van der Waals surface area contributed by atoms with Crippen LogP contribution in [0.25, 0.3) is 21.0 Å². The minimum absolute atomic E-state index is 0.0771. The van der Waals surface area contributed by atoms with E-state index >= 15 is 0 Å². The zero-order valence-corrected chi connectivity index (χ0v) is 22.7. The third-order valence-electron chi connectivity index (χ3n) is 4.55. The van der Waals surface area contributed by atoms with Gasteiger partial charge in [-0.05, 0) is 64.1 Å². The fourth-order valence-electron chi connectivity index (χ4n) is 3.25. The number of aliphatic hydroxyl groups is 1. The summed E-state index contributed by atoms with van der Waals surface area (Å²) in [6.45, 7) is 6.97. The van der Waals surface area contributed by atoms with Gasteiger partial charge in [0.05, 0.1) is 15.7 Å². The smallest absolute Gasteiger partial charge is 0.411 e. The first-order valence-electron chi connectivity index (χ1n) is 11.1. The lowest BCUT2D eigenvalue weighted by molar-refractivity contribution is 0.168. The predicted molar refractivity (Wildman–Crippen MR) is 144 cm³/mol. The van der Waals surface area contributed by atoms with Crippen molar-refractivity contribution in [3.05, 3.63) is 48.7 Å². The van der Waals surface area contributed by atoms with Gasteiger partial charge in [-0.25, -0.2) is 22.9 Å². The average molecular weight is 553 g/mol. The van der Waals surface area contributed by atoms with Crippen LogP contribution in [0.2, 0.25) is 0 Å². The molecule has 1 aromatic heterocycles. The molecule has 9 nitrogen and oxygen atoms in total. The second kappa shape index (κ2) is 11.6. The predicted octanol–water partition coefficient (Wildman–Crippen LogP) is 5.09. The maximum atomic E-state index is 13.3. The van der Waals surface area contributed by atoms with Gasteiger partial charge in [0.1, 0.15) is 17.8 Å². The molecule has 1 atom stereocenters. The molecule has 3 rings (SSSR count). The summed E-state index contributed by atoms with van der Waals surface area (Å²) in [6, 6.07) is 11.9. The van der Waals surface area contributed by atoms with Crippen molar-refractivity contribution >= 4 is 50.4 Å². The largest absolute Gasteiger partial charge is 0.448 e. The van der Waals surface area contributed by atoms with Crippen molar-refractivity contribution in [2.24, 2.45) is 0 Å². The van der Waals surface area contributed by atoms with E-state index in [1.165, 1.54) is 17.4 Å². The lowest BCUT2D eigenvalue weighted by Crippen LogP contribution is -2.40. The maximum Gasteiger partial charge on any atom is 0.411 e. The van der Waals surface area contributed by atoms with E-state index in [9.17, 15) is 18.3 Å². The highest BCUT2D eigenvalue weighted by atomic mass is 35.5. The molecule has 0 aliphatic rings. The summed E-state index contributed by atoms with van der Waals surface area (Å²) in [5, 5.41) is 15.8. The SMILES string of the molecule is CC(O)Nc1ccc(-c2cnc(-c3ccc(NC(=O)OCCCl)cc3)s2)c(S(=O)(=O)NC(C)(C)C)c1. The van der Waals surface area contributed by atoms with Gasteiger partial charge in [-0.3, -0.25) is 5.32 Å². The first-order chi connectivity index (χ1) is 16.9. The second-order valence-corrected chi connectivity index (χ2v) is 12.0. The summed E-state index contributed by atoms with van der Waals surface area (Å²) >= 11 is 6.85. The number of carbonyl (C=O) groups excluding carboxylic acids is 1. The monoisotopic (exact) mass is 552 g/mol. The van der Waals surface area contributed by atoms with E-state index in [-0.39, 0.29) is 17.4 Å². The zero-order chi connectivity index (χ0) is 26.5. The minimum Gasteiger partial charge on any atom is -0.448 e. The Morgan fingerprint density at radius 1 is 1.17 bits per heavy atom. The van der Waals surface area contributed by atoms with Gasteiger partial charge in [0.15, 0.2) is 0 Å². The molecule has 3 aromatic rings. The molecule has 36 heavy (non-hydrogen) atoms. The molecule has 0 saturated carbocycles. The van der Waals surface area contributed by atoms with Crippen molar-refractivity contribution < 1.29 is 23.1 Å². The molecule has 0 saturated heterocycles. The number of hydrogen-bond acceptors (Lipinski definition) is 8. The van der Waals surface area contributed by atoms with E-state index in [0.717, 1.165) is 5.56 Å². The first kappa shape index (κ1) is 27.9. The molecule has 0 aliphatic heterocycles. The number of nitrogens with one attached hydrogen (secondary N) is 3. The Bertz CT molecular complexity index is 1300. The number of sulfonamides is 1. The van der Waals surface area contributed by atoms with E-state index in [1.807, 2.05) is 0 Å². The fraction of sp³-hybridized carbons (Fsp3) is 0.333. The summed E-state index contributed by atoms with van der Waals surface area (Å²) < 4.78 is 34.1. The highest BCUT2D eigenvalue weighted by Gasteiger charge is 2.26. The Balaban J connectivity index is 1.92. The number of hydrogen-bond donors (Lipinski definition) is 4. The van der Waals surface area contributed by atoms with E-state index in [0.29, 0.717) is 26.8 Å². The van der Waals surface area contributed by atoms with Gasteiger partial charge >= 0.3 is 6.09 Å². The highest BCUT2D eigenvalue weighted by Crippen LogP contribution is 2.37. The highest BCUT2D eigenvalue weighted by molar-refractivity contribution is 7.89. The van der Waals surface area contributed by atoms with Crippen LogP contribution in [0.1, 0.15) is 27.7 Å². The van der Waals surface area contributed by atoms with Gasteiger partial charge in [-0.15, -0.1) is 22.9 Å². The molecule has 0 aliphatic carbocycles. The van der Waals surface area contributed by atoms with Crippen LogP contribution < -0.4 is 15.4 Å². The van der Waals surface area contributed by atoms with Gasteiger partial charge in [0, 0.05) is 34.2 Å². The summed E-state index contributed by atoms with van der Waals surface area (Å²) in [6.07, 6.45) is 0.186. The van der Waals surface area contributed by atoms with Crippen molar-refractivity contribution in [3.8, 4) is 21.0 Å². The Labute approximate surface area is 219 Å². The Morgan fingerprint density at radius 2 is 1.83 bits per heavy atom. The number of thiazole rings is 1. The summed E-state index contributed by atoms with van der Waals surface area (Å²) in [4.78, 5) is 16.9. The van der Waals surface area contributed by atoms with Crippen LogP contribution in [0.4, 0.5) is 16.2 Å². The quantitative estimate of drug-likeness (QED) is 0.215. The van der Waals surface area contributed by atoms with Crippen LogP contribution in [0.5, 0.6) is 0 Å². The topological polar surface area (TPSA) is 130 Å². The van der Waals surface area contributed by atoms with Crippen molar-refractivity contribution in [1.29, 1.82) is 0 Å². The van der Waals surface area contributed by atoms with Gasteiger partial charge in [-0.1, -0.05) is 6.07 Å². The molecule has 0 fully saturated rings. The third-order valence-corrected chi connectivity index (χ3v) is 7.58. The van der Waals surface area contributed by atoms with Crippen molar-refractivity contribution in [3.63, 3.8) is 0 Å². The van der Waals surface area contributed by atoms with E-state index in [2.05, 4.69) is 20.3 Å². The van der Waals surface area contributed by atoms with Crippen LogP contribution in [-0.4, -0.2) is 48.9 Å². The molecule has 12 heteroatoms. The number of anilines is 2. The molecular formula is C24H29ClN4O5S2. The average Bonchev–Trinajstić information content (AvgIpc) is 3.26. The molecule has 4 N–H and O–H groups in total. The van der Waals surface area contributed by atoms with Gasteiger partial charge < -0.3 is 15.2 Å². The van der Waals surface area contributed by atoms with Crippen molar-refractivity contribution in [2.45, 2.75) is 44.4 Å². The van der Waals surface area contributed by atoms with Crippen molar-refractivity contribution in [2.75, 3.05) is 23.1 Å². The standard InChI is InChI=1S/C24H29ClN4O5S2/c1-15(30)27-18-9-10-19(21(13-18)36(32,33)29-24(2,3)4)20-14-26-22(35-20)16-5-7-17(8-6-16)28-23(31)34-12-11-25/h5-10,13-15,27,29-30H,11-12H2,1-4H3,(H,28,31). The van der Waals surface area contributed by atoms with Crippen LogP contribution in [0, 0.1) is 0 Å². The molecule has 0 radical (unpaired) electrons. The van der Waals surface area contributed by atoms with Gasteiger partial charge in [0.25, 0.3) is 0 Å². The minimum atomic E-state index is -3.89. The Morgan fingerprint density at radius 3 is 2.44 bits per heavy atom. The molecule has 1 heterocycles. The van der Waals surface area contributed by atoms with Crippen LogP contribution >= 0.6 is 22.9 Å². The van der Waals surface area contributed by atoms with Gasteiger partial charge in [0.2, 0.25) is 10.0 Å².